The second kappa shape index (κ2) is 4.89. The molecule has 0 radical (unpaired) electrons. The molecule has 1 atom stereocenters. The molecule has 1 aromatic carbocycles. The summed E-state index contributed by atoms with van der Waals surface area (Å²) in [6, 6.07) is 5.86. The van der Waals surface area contributed by atoms with Gasteiger partial charge in [-0.05, 0) is 49.4 Å². The molecule has 1 N–H and O–H groups in total. The lowest BCUT2D eigenvalue weighted by molar-refractivity contribution is 0.310. The molecule has 1 heterocycles. The summed E-state index contributed by atoms with van der Waals surface area (Å²) in [5.41, 5.74) is 2.52. The highest BCUT2D eigenvalue weighted by molar-refractivity contribution is 7.89. The molecule has 0 amide bonds. The van der Waals surface area contributed by atoms with Crippen molar-refractivity contribution in [3.8, 4) is 0 Å². The van der Waals surface area contributed by atoms with Crippen LogP contribution in [0.25, 0.3) is 0 Å². The minimum atomic E-state index is -3.32. The van der Waals surface area contributed by atoms with Crippen molar-refractivity contribution in [3.63, 3.8) is 0 Å². The van der Waals surface area contributed by atoms with Crippen molar-refractivity contribution in [2.24, 2.45) is 0 Å². The normalized spacial score (nSPS) is 24.4. The average molecular weight is 280 g/mol. The maximum absolute atomic E-state index is 12.6. The molecule has 1 aliphatic carbocycles. The van der Waals surface area contributed by atoms with Gasteiger partial charge in [-0.3, -0.25) is 0 Å². The Morgan fingerprint density at radius 2 is 2.05 bits per heavy atom. The topological polar surface area (TPSA) is 49.4 Å². The van der Waals surface area contributed by atoms with Crippen molar-refractivity contribution in [3.05, 3.63) is 29.3 Å². The molecule has 1 saturated heterocycles. The van der Waals surface area contributed by atoms with Crippen LogP contribution in [-0.4, -0.2) is 38.4 Å². The highest BCUT2D eigenvalue weighted by Gasteiger charge is 2.29. The van der Waals surface area contributed by atoms with E-state index < -0.39 is 10.0 Å². The summed E-state index contributed by atoms with van der Waals surface area (Å²) in [7, 11) is -3.32. The van der Waals surface area contributed by atoms with Crippen LogP contribution in [-0.2, 0) is 22.9 Å². The van der Waals surface area contributed by atoms with E-state index in [1.165, 1.54) is 11.1 Å². The second-order valence-corrected chi connectivity index (χ2v) is 7.44. The van der Waals surface area contributed by atoms with Crippen molar-refractivity contribution in [1.29, 1.82) is 0 Å². The van der Waals surface area contributed by atoms with Crippen LogP contribution in [0.4, 0.5) is 0 Å². The molecule has 1 aromatic rings. The van der Waals surface area contributed by atoms with Gasteiger partial charge in [0.1, 0.15) is 0 Å². The zero-order valence-corrected chi connectivity index (χ0v) is 12.0. The molecule has 4 nitrogen and oxygen atoms in total. The number of hydrogen-bond acceptors (Lipinski definition) is 3. The fourth-order valence-electron chi connectivity index (χ4n) is 2.97. The van der Waals surface area contributed by atoms with Gasteiger partial charge in [0.15, 0.2) is 0 Å². The molecule has 3 rings (SSSR count). The predicted octanol–water partition coefficient (Wildman–Crippen LogP) is 1.16. The Kier molecular flexibility index (Phi) is 3.37. The van der Waals surface area contributed by atoms with Gasteiger partial charge >= 0.3 is 0 Å². The molecule has 0 bridgehead atoms. The SMILES string of the molecule is CC1CN(S(=O)(=O)c2ccc3c(c2)CCC3)CCN1. The van der Waals surface area contributed by atoms with E-state index in [0.29, 0.717) is 18.0 Å². The van der Waals surface area contributed by atoms with Crippen molar-refractivity contribution >= 4 is 10.0 Å². The Bertz CT molecular complexity index is 583. The first kappa shape index (κ1) is 13.1. The number of rotatable bonds is 2. The quantitative estimate of drug-likeness (QED) is 0.884. The van der Waals surface area contributed by atoms with E-state index in [-0.39, 0.29) is 6.04 Å². The van der Waals surface area contributed by atoms with Crippen molar-refractivity contribution in [2.45, 2.75) is 37.1 Å². The molecule has 19 heavy (non-hydrogen) atoms. The minimum absolute atomic E-state index is 0.220. The number of sulfonamides is 1. The third-order valence-corrected chi connectivity index (χ3v) is 5.90. The minimum Gasteiger partial charge on any atom is -0.312 e. The lowest BCUT2D eigenvalue weighted by Gasteiger charge is -2.31. The Hall–Kier alpha value is -0.910. The van der Waals surface area contributed by atoms with E-state index in [9.17, 15) is 8.42 Å². The van der Waals surface area contributed by atoms with Gasteiger partial charge in [0, 0.05) is 25.7 Å². The Balaban J connectivity index is 1.91. The third-order valence-electron chi connectivity index (χ3n) is 4.04. The fraction of sp³-hybridized carbons (Fsp3) is 0.571. The summed E-state index contributed by atoms with van der Waals surface area (Å²) < 4.78 is 26.9. The molecule has 1 aliphatic heterocycles. The van der Waals surface area contributed by atoms with Crippen molar-refractivity contribution in [2.75, 3.05) is 19.6 Å². The zero-order valence-electron chi connectivity index (χ0n) is 11.2. The number of hydrogen-bond donors (Lipinski definition) is 1. The number of piperazine rings is 1. The standard InChI is InChI=1S/C14H20N2O2S/c1-11-10-16(8-7-15-11)19(17,18)14-6-5-12-3-2-4-13(12)9-14/h5-6,9,11,15H,2-4,7-8,10H2,1H3. The van der Waals surface area contributed by atoms with Crippen LogP contribution < -0.4 is 5.32 Å². The van der Waals surface area contributed by atoms with E-state index in [1.54, 1.807) is 10.4 Å². The van der Waals surface area contributed by atoms with Gasteiger partial charge in [-0.15, -0.1) is 0 Å². The molecule has 5 heteroatoms. The van der Waals surface area contributed by atoms with E-state index >= 15 is 0 Å². The lowest BCUT2D eigenvalue weighted by atomic mass is 10.1. The summed E-state index contributed by atoms with van der Waals surface area (Å²) in [6.45, 7) is 3.86. The molecular weight excluding hydrogens is 260 g/mol. The average Bonchev–Trinajstić information content (AvgIpc) is 2.85. The number of nitrogens with one attached hydrogen (secondary N) is 1. The maximum atomic E-state index is 12.6. The van der Waals surface area contributed by atoms with E-state index in [0.717, 1.165) is 25.8 Å². The zero-order chi connectivity index (χ0) is 13.5. The van der Waals surface area contributed by atoms with Gasteiger partial charge in [0.05, 0.1) is 4.90 Å². The van der Waals surface area contributed by atoms with Crippen LogP contribution in [0.3, 0.4) is 0 Å². The first-order valence-electron chi connectivity index (χ1n) is 6.93. The summed E-state index contributed by atoms with van der Waals surface area (Å²) in [4.78, 5) is 0.460. The molecule has 104 valence electrons. The fourth-order valence-corrected chi connectivity index (χ4v) is 4.55. The van der Waals surface area contributed by atoms with Gasteiger partial charge < -0.3 is 5.32 Å². The largest absolute Gasteiger partial charge is 0.312 e. The molecule has 2 aliphatic rings. The van der Waals surface area contributed by atoms with Crippen LogP contribution in [0.5, 0.6) is 0 Å². The molecule has 0 saturated carbocycles. The first-order valence-corrected chi connectivity index (χ1v) is 8.37. The second-order valence-electron chi connectivity index (χ2n) is 5.50. The Labute approximate surface area is 114 Å². The number of fused-ring (bicyclic) bond motifs is 1. The highest BCUT2D eigenvalue weighted by atomic mass is 32.2. The van der Waals surface area contributed by atoms with E-state index in [1.807, 2.05) is 19.1 Å². The predicted molar refractivity (Wildman–Crippen MR) is 74.7 cm³/mol. The van der Waals surface area contributed by atoms with Gasteiger partial charge in [-0.1, -0.05) is 6.07 Å². The van der Waals surface area contributed by atoms with Crippen LogP contribution in [0.15, 0.2) is 23.1 Å². The summed E-state index contributed by atoms with van der Waals surface area (Å²) in [5.74, 6) is 0. The monoisotopic (exact) mass is 280 g/mol. The van der Waals surface area contributed by atoms with Crippen LogP contribution in [0.1, 0.15) is 24.5 Å². The molecule has 1 fully saturated rings. The Morgan fingerprint density at radius 1 is 1.26 bits per heavy atom. The smallest absolute Gasteiger partial charge is 0.243 e. The molecule has 0 spiro atoms. The number of benzene rings is 1. The summed E-state index contributed by atoms with van der Waals surface area (Å²) in [5, 5.41) is 3.27. The summed E-state index contributed by atoms with van der Waals surface area (Å²) >= 11 is 0. The van der Waals surface area contributed by atoms with Crippen LogP contribution >= 0.6 is 0 Å². The van der Waals surface area contributed by atoms with Gasteiger partial charge in [-0.25, -0.2) is 8.42 Å². The first-order chi connectivity index (χ1) is 9.07. The Morgan fingerprint density at radius 3 is 2.84 bits per heavy atom. The summed E-state index contributed by atoms with van der Waals surface area (Å²) in [6.07, 6.45) is 3.24. The van der Waals surface area contributed by atoms with Gasteiger partial charge in [-0.2, -0.15) is 4.31 Å². The number of nitrogens with zero attached hydrogens (tertiary/aromatic N) is 1. The van der Waals surface area contributed by atoms with Crippen molar-refractivity contribution in [1.82, 2.24) is 9.62 Å². The van der Waals surface area contributed by atoms with E-state index in [2.05, 4.69) is 5.32 Å². The number of aryl methyl sites for hydroxylation is 2. The maximum Gasteiger partial charge on any atom is 0.243 e. The van der Waals surface area contributed by atoms with Crippen LogP contribution in [0.2, 0.25) is 0 Å². The molecule has 1 unspecified atom stereocenters. The highest BCUT2D eigenvalue weighted by Crippen LogP contribution is 2.26. The molecular formula is C14H20N2O2S. The third kappa shape index (κ3) is 2.42. The van der Waals surface area contributed by atoms with Gasteiger partial charge in [0.25, 0.3) is 0 Å². The molecule has 0 aromatic heterocycles. The van der Waals surface area contributed by atoms with Crippen molar-refractivity contribution < 1.29 is 8.42 Å². The van der Waals surface area contributed by atoms with Crippen LogP contribution in [0, 0.1) is 0 Å². The lowest BCUT2D eigenvalue weighted by Crippen LogP contribution is -2.51. The van der Waals surface area contributed by atoms with E-state index in [4.69, 9.17) is 0 Å². The van der Waals surface area contributed by atoms with Gasteiger partial charge in [0.2, 0.25) is 10.0 Å².